The molecule has 18 heavy (non-hydrogen) atoms. The highest BCUT2D eigenvalue weighted by Crippen LogP contribution is 2.04. The second kappa shape index (κ2) is 8.48. The normalized spacial score (nSPS) is 22.7. The van der Waals surface area contributed by atoms with Crippen LogP contribution in [0.2, 0.25) is 0 Å². The van der Waals surface area contributed by atoms with Gasteiger partial charge in [-0.15, -0.1) is 0 Å². The molecule has 1 rings (SSSR count). The Morgan fingerprint density at radius 2 is 2.28 bits per heavy atom. The molecule has 1 unspecified atom stereocenters. The molecule has 0 aromatic rings. The first-order valence-corrected chi connectivity index (χ1v) is 7.37. The van der Waals surface area contributed by atoms with E-state index in [9.17, 15) is 4.79 Å². The molecular weight excluding hydrogens is 226 g/mol. The summed E-state index contributed by atoms with van der Waals surface area (Å²) in [7, 11) is 0. The standard InChI is InChI=1S/C14H29N3O/c1-4-5-6-7-12(2)16-14(18)11-17-9-8-15-10-13(17)3/h12-13,15H,4-11H2,1-3H3,(H,16,18)/t12?,13-/m1/s1. The highest BCUT2D eigenvalue weighted by atomic mass is 16.2. The summed E-state index contributed by atoms with van der Waals surface area (Å²) in [4.78, 5) is 14.2. The summed E-state index contributed by atoms with van der Waals surface area (Å²) in [6, 6.07) is 0.766. The fourth-order valence-corrected chi connectivity index (χ4v) is 2.40. The minimum Gasteiger partial charge on any atom is -0.353 e. The van der Waals surface area contributed by atoms with Gasteiger partial charge in [-0.05, 0) is 20.3 Å². The van der Waals surface area contributed by atoms with Crippen LogP contribution in [0.5, 0.6) is 0 Å². The van der Waals surface area contributed by atoms with Crippen LogP contribution in [0.15, 0.2) is 0 Å². The number of hydrogen-bond acceptors (Lipinski definition) is 3. The molecule has 0 aromatic carbocycles. The Labute approximate surface area is 111 Å². The minimum absolute atomic E-state index is 0.174. The Morgan fingerprint density at radius 1 is 1.50 bits per heavy atom. The van der Waals surface area contributed by atoms with Gasteiger partial charge in [0.15, 0.2) is 0 Å². The Bertz CT molecular complexity index is 245. The van der Waals surface area contributed by atoms with Crippen molar-refractivity contribution in [1.29, 1.82) is 0 Å². The molecule has 0 saturated carbocycles. The Kier molecular flexibility index (Phi) is 7.28. The first kappa shape index (κ1) is 15.4. The number of nitrogens with zero attached hydrogens (tertiary/aromatic N) is 1. The van der Waals surface area contributed by atoms with E-state index in [-0.39, 0.29) is 5.91 Å². The molecule has 1 aliphatic rings. The lowest BCUT2D eigenvalue weighted by Crippen LogP contribution is -2.53. The molecule has 2 N–H and O–H groups in total. The lowest BCUT2D eigenvalue weighted by Gasteiger charge is -2.33. The highest BCUT2D eigenvalue weighted by molar-refractivity contribution is 5.78. The molecular formula is C14H29N3O. The molecule has 4 heteroatoms. The van der Waals surface area contributed by atoms with Gasteiger partial charge >= 0.3 is 0 Å². The topological polar surface area (TPSA) is 44.4 Å². The number of carbonyl (C=O) groups excluding carboxylic acids is 1. The SMILES string of the molecule is CCCCCC(C)NC(=O)CN1CCNC[C@H]1C. The van der Waals surface area contributed by atoms with E-state index in [1.165, 1.54) is 19.3 Å². The molecule has 0 aromatic heterocycles. The third kappa shape index (κ3) is 5.83. The predicted octanol–water partition coefficient (Wildman–Crippen LogP) is 1.37. The fraction of sp³-hybridized carbons (Fsp3) is 0.929. The van der Waals surface area contributed by atoms with Crippen molar-refractivity contribution in [2.45, 2.75) is 58.5 Å². The van der Waals surface area contributed by atoms with E-state index in [1.807, 2.05) is 0 Å². The molecule has 4 nitrogen and oxygen atoms in total. The zero-order valence-electron chi connectivity index (χ0n) is 12.2. The van der Waals surface area contributed by atoms with E-state index >= 15 is 0 Å². The van der Waals surface area contributed by atoms with Crippen LogP contribution in [-0.2, 0) is 4.79 Å². The minimum atomic E-state index is 0.174. The van der Waals surface area contributed by atoms with Gasteiger partial charge < -0.3 is 10.6 Å². The average Bonchev–Trinajstić information content (AvgIpc) is 2.32. The van der Waals surface area contributed by atoms with Gasteiger partial charge in [0, 0.05) is 31.7 Å². The van der Waals surface area contributed by atoms with Crippen LogP contribution in [0.1, 0.15) is 46.5 Å². The molecule has 0 radical (unpaired) electrons. The number of hydrogen-bond donors (Lipinski definition) is 2. The van der Waals surface area contributed by atoms with Gasteiger partial charge in [0.2, 0.25) is 5.91 Å². The zero-order valence-corrected chi connectivity index (χ0v) is 12.2. The third-order valence-electron chi connectivity index (χ3n) is 3.63. The van der Waals surface area contributed by atoms with Gasteiger partial charge in [0.25, 0.3) is 0 Å². The third-order valence-corrected chi connectivity index (χ3v) is 3.63. The number of rotatable bonds is 7. The molecule has 1 fully saturated rings. The maximum Gasteiger partial charge on any atom is 0.234 e. The maximum absolute atomic E-state index is 11.9. The summed E-state index contributed by atoms with van der Waals surface area (Å²) >= 11 is 0. The van der Waals surface area contributed by atoms with Crippen molar-refractivity contribution >= 4 is 5.91 Å². The van der Waals surface area contributed by atoms with E-state index in [4.69, 9.17) is 0 Å². The van der Waals surface area contributed by atoms with Gasteiger partial charge in [0.05, 0.1) is 6.54 Å². The summed E-state index contributed by atoms with van der Waals surface area (Å²) in [5, 5.41) is 6.45. The quantitative estimate of drug-likeness (QED) is 0.675. The molecule has 0 spiro atoms. The lowest BCUT2D eigenvalue weighted by atomic mass is 10.1. The molecule has 1 aliphatic heterocycles. The van der Waals surface area contributed by atoms with E-state index < -0.39 is 0 Å². The van der Waals surface area contributed by atoms with Crippen molar-refractivity contribution in [3.63, 3.8) is 0 Å². The Morgan fingerprint density at radius 3 is 2.94 bits per heavy atom. The van der Waals surface area contributed by atoms with E-state index in [2.05, 4.69) is 36.3 Å². The van der Waals surface area contributed by atoms with Gasteiger partial charge in [-0.25, -0.2) is 0 Å². The smallest absolute Gasteiger partial charge is 0.234 e. The van der Waals surface area contributed by atoms with Gasteiger partial charge in [-0.2, -0.15) is 0 Å². The van der Waals surface area contributed by atoms with Crippen molar-refractivity contribution < 1.29 is 4.79 Å². The van der Waals surface area contributed by atoms with Crippen LogP contribution < -0.4 is 10.6 Å². The van der Waals surface area contributed by atoms with E-state index in [0.29, 0.717) is 18.6 Å². The molecule has 2 atom stereocenters. The summed E-state index contributed by atoms with van der Waals surface area (Å²) in [5.74, 6) is 0.174. The van der Waals surface area contributed by atoms with Crippen molar-refractivity contribution in [3.8, 4) is 0 Å². The average molecular weight is 255 g/mol. The van der Waals surface area contributed by atoms with Crippen LogP contribution in [0.3, 0.4) is 0 Å². The second-order valence-corrected chi connectivity index (χ2v) is 5.49. The van der Waals surface area contributed by atoms with E-state index in [0.717, 1.165) is 26.1 Å². The Balaban J connectivity index is 2.19. The van der Waals surface area contributed by atoms with Crippen molar-refractivity contribution in [2.75, 3.05) is 26.2 Å². The van der Waals surface area contributed by atoms with Crippen LogP contribution in [0, 0.1) is 0 Å². The first-order valence-electron chi connectivity index (χ1n) is 7.37. The number of carbonyl (C=O) groups is 1. The monoisotopic (exact) mass is 255 g/mol. The molecule has 1 saturated heterocycles. The molecule has 106 valence electrons. The van der Waals surface area contributed by atoms with E-state index in [1.54, 1.807) is 0 Å². The summed E-state index contributed by atoms with van der Waals surface area (Å²) in [5.41, 5.74) is 0. The van der Waals surface area contributed by atoms with Gasteiger partial charge in [0.1, 0.15) is 0 Å². The number of nitrogens with one attached hydrogen (secondary N) is 2. The van der Waals surface area contributed by atoms with Crippen LogP contribution in [0.25, 0.3) is 0 Å². The van der Waals surface area contributed by atoms with Crippen molar-refractivity contribution in [2.24, 2.45) is 0 Å². The summed E-state index contributed by atoms with van der Waals surface area (Å²) in [6.07, 6.45) is 4.80. The van der Waals surface area contributed by atoms with Crippen LogP contribution in [0.4, 0.5) is 0 Å². The first-order chi connectivity index (χ1) is 8.63. The number of piperazine rings is 1. The predicted molar refractivity (Wildman–Crippen MR) is 75.7 cm³/mol. The molecule has 0 aliphatic carbocycles. The number of unbranched alkanes of at least 4 members (excludes halogenated alkanes) is 2. The largest absolute Gasteiger partial charge is 0.353 e. The van der Waals surface area contributed by atoms with Crippen molar-refractivity contribution in [1.82, 2.24) is 15.5 Å². The lowest BCUT2D eigenvalue weighted by molar-refractivity contribution is -0.123. The summed E-state index contributed by atoms with van der Waals surface area (Å²) < 4.78 is 0. The van der Waals surface area contributed by atoms with Crippen LogP contribution in [-0.4, -0.2) is 49.1 Å². The Hall–Kier alpha value is -0.610. The summed E-state index contributed by atoms with van der Waals surface area (Å²) in [6.45, 7) is 9.97. The number of amides is 1. The maximum atomic E-state index is 11.9. The molecule has 1 amide bonds. The molecule has 0 bridgehead atoms. The molecule has 1 heterocycles. The van der Waals surface area contributed by atoms with Gasteiger partial charge in [-0.3, -0.25) is 9.69 Å². The highest BCUT2D eigenvalue weighted by Gasteiger charge is 2.20. The fourth-order valence-electron chi connectivity index (χ4n) is 2.40. The van der Waals surface area contributed by atoms with Crippen LogP contribution >= 0.6 is 0 Å². The van der Waals surface area contributed by atoms with Crippen molar-refractivity contribution in [3.05, 3.63) is 0 Å². The van der Waals surface area contributed by atoms with Gasteiger partial charge in [-0.1, -0.05) is 26.2 Å². The zero-order chi connectivity index (χ0) is 13.4. The second-order valence-electron chi connectivity index (χ2n) is 5.49.